The third-order valence-corrected chi connectivity index (χ3v) is 4.43. The zero-order valence-corrected chi connectivity index (χ0v) is 14.9. The van der Waals surface area contributed by atoms with Gasteiger partial charge in [-0.15, -0.1) is 0 Å². The lowest BCUT2D eigenvalue weighted by molar-refractivity contribution is 0.306. The second-order valence-electron chi connectivity index (χ2n) is 6.36. The molecule has 0 saturated heterocycles. The summed E-state index contributed by atoms with van der Waals surface area (Å²) in [5.41, 5.74) is 9.39. The van der Waals surface area contributed by atoms with E-state index in [1.165, 1.54) is 6.26 Å². The minimum atomic E-state index is -0.112. The van der Waals surface area contributed by atoms with Crippen LogP contribution in [0.1, 0.15) is 11.1 Å². The lowest BCUT2D eigenvalue weighted by Crippen LogP contribution is -2.05. The first kappa shape index (κ1) is 17.4. The zero-order chi connectivity index (χ0) is 19.5. The van der Waals surface area contributed by atoms with Crippen LogP contribution >= 0.6 is 0 Å². The van der Waals surface area contributed by atoms with Crippen LogP contribution in [0.15, 0.2) is 82.2 Å². The molecule has 0 saturated carbocycles. The molecule has 3 aromatic carbocycles. The summed E-state index contributed by atoms with van der Waals surface area (Å²) in [5, 5.41) is 9.45. The third kappa shape index (κ3) is 3.44. The number of anilines is 1. The Balaban J connectivity index is 1.61. The summed E-state index contributed by atoms with van der Waals surface area (Å²) < 4.78 is 11.5. The van der Waals surface area contributed by atoms with Crippen LogP contribution in [0.25, 0.3) is 22.1 Å². The van der Waals surface area contributed by atoms with Gasteiger partial charge in [-0.1, -0.05) is 24.3 Å². The maximum absolute atomic E-state index is 12.8. The lowest BCUT2D eigenvalue weighted by Gasteiger charge is -2.08. The van der Waals surface area contributed by atoms with Crippen molar-refractivity contribution in [2.45, 2.75) is 6.61 Å². The molecule has 1 aromatic heterocycles. The van der Waals surface area contributed by atoms with Crippen LogP contribution in [0.2, 0.25) is 0 Å². The fourth-order valence-corrected chi connectivity index (χ4v) is 2.96. The fraction of sp³-hybridized carbons (Fsp3) is 0.0435. The molecule has 0 atom stereocenters. The number of rotatable bonds is 4. The van der Waals surface area contributed by atoms with E-state index in [2.05, 4.69) is 6.07 Å². The topological polar surface area (TPSA) is 89.2 Å². The number of ether oxygens (including phenoxy) is 1. The highest BCUT2D eigenvalue weighted by Gasteiger charge is 2.10. The van der Waals surface area contributed by atoms with Gasteiger partial charge in [0.15, 0.2) is 5.43 Å². The Morgan fingerprint density at radius 2 is 1.86 bits per heavy atom. The van der Waals surface area contributed by atoms with Crippen LogP contribution in [0.5, 0.6) is 5.75 Å². The SMILES string of the molecule is N#Cc1cccc(COc2ccc3c(=O)c(-c4ccc(N)cc4)coc3c2)c1. The van der Waals surface area contributed by atoms with Gasteiger partial charge >= 0.3 is 0 Å². The van der Waals surface area contributed by atoms with Gasteiger partial charge in [-0.25, -0.2) is 0 Å². The standard InChI is InChI=1S/C23H16N2O3/c24-12-15-2-1-3-16(10-15)13-27-19-8-9-20-22(11-19)28-14-21(23(20)26)17-4-6-18(25)7-5-17/h1-11,14H,13,25H2. The number of benzene rings is 3. The molecule has 0 aliphatic rings. The summed E-state index contributed by atoms with van der Waals surface area (Å²) in [6.45, 7) is 0.314. The predicted molar refractivity (Wildman–Crippen MR) is 108 cm³/mol. The summed E-state index contributed by atoms with van der Waals surface area (Å²) in [7, 11) is 0. The van der Waals surface area contributed by atoms with Gasteiger partial charge in [0.2, 0.25) is 0 Å². The van der Waals surface area contributed by atoms with E-state index in [4.69, 9.17) is 20.1 Å². The minimum absolute atomic E-state index is 0.112. The van der Waals surface area contributed by atoms with Crippen molar-refractivity contribution >= 4 is 16.7 Å². The Hall–Kier alpha value is -4.04. The van der Waals surface area contributed by atoms with Crippen LogP contribution in [0.3, 0.4) is 0 Å². The molecule has 4 rings (SSSR count). The van der Waals surface area contributed by atoms with Crippen LogP contribution in [0.4, 0.5) is 5.69 Å². The Morgan fingerprint density at radius 3 is 2.64 bits per heavy atom. The predicted octanol–water partition coefficient (Wildman–Crippen LogP) is 4.49. The molecule has 5 nitrogen and oxygen atoms in total. The number of hydrogen-bond acceptors (Lipinski definition) is 5. The Labute approximate surface area is 161 Å². The molecule has 0 spiro atoms. The van der Waals surface area contributed by atoms with E-state index in [9.17, 15) is 4.79 Å². The molecule has 0 unspecified atom stereocenters. The van der Waals surface area contributed by atoms with Crippen LogP contribution < -0.4 is 15.9 Å². The van der Waals surface area contributed by atoms with Crippen molar-refractivity contribution in [1.82, 2.24) is 0 Å². The molecule has 0 fully saturated rings. The Kier molecular flexibility index (Phi) is 4.53. The average molecular weight is 368 g/mol. The molecule has 0 radical (unpaired) electrons. The van der Waals surface area contributed by atoms with Gasteiger partial charge in [-0.3, -0.25) is 4.79 Å². The van der Waals surface area contributed by atoms with Gasteiger partial charge in [0.05, 0.1) is 22.6 Å². The Morgan fingerprint density at radius 1 is 1.04 bits per heavy atom. The van der Waals surface area contributed by atoms with Crippen molar-refractivity contribution in [2.75, 3.05) is 5.73 Å². The molecule has 0 amide bonds. The van der Waals surface area contributed by atoms with Gasteiger partial charge in [0.25, 0.3) is 0 Å². The number of nitrogens with zero attached hydrogens (tertiary/aromatic N) is 1. The van der Waals surface area contributed by atoms with Crippen molar-refractivity contribution in [1.29, 1.82) is 5.26 Å². The fourth-order valence-electron chi connectivity index (χ4n) is 2.96. The van der Waals surface area contributed by atoms with Gasteiger partial charge in [0, 0.05) is 11.8 Å². The number of fused-ring (bicyclic) bond motifs is 1. The molecule has 4 aromatic rings. The van der Waals surface area contributed by atoms with Crippen molar-refractivity contribution in [2.24, 2.45) is 0 Å². The molecule has 5 heteroatoms. The van der Waals surface area contributed by atoms with Gasteiger partial charge in [0.1, 0.15) is 24.2 Å². The molecule has 0 bridgehead atoms. The van der Waals surface area contributed by atoms with Gasteiger partial charge < -0.3 is 14.9 Å². The minimum Gasteiger partial charge on any atom is -0.489 e. The van der Waals surface area contributed by atoms with Crippen molar-refractivity contribution in [3.05, 3.63) is 94.3 Å². The molecule has 28 heavy (non-hydrogen) atoms. The smallest absolute Gasteiger partial charge is 0.200 e. The Bertz CT molecular complexity index is 1250. The van der Waals surface area contributed by atoms with Crippen molar-refractivity contribution < 1.29 is 9.15 Å². The number of nitrogens with two attached hydrogens (primary N) is 1. The monoisotopic (exact) mass is 368 g/mol. The highest BCUT2D eigenvalue weighted by atomic mass is 16.5. The van der Waals surface area contributed by atoms with Crippen LogP contribution in [-0.2, 0) is 6.61 Å². The summed E-state index contributed by atoms with van der Waals surface area (Å²) in [6, 6.07) is 21.5. The molecule has 136 valence electrons. The first-order valence-electron chi connectivity index (χ1n) is 8.67. The maximum atomic E-state index is 12.8. The van der Waals surface area contributed by atoms with E-state index in [0.717, 1.165) is 11.1 Å². The number of hydrogen-bond donors (Lipinski definition) is 1. The zero-order valence-electron chi connectivity index (χ0n) is 14.9. The molecule has 0 aliphatic carbocycles. The van der Waals surface area contributed by atoms with E-state index < -0.39 is 0 Å². The van der Waals surface area contributed by atoms with Crippen molar-refractivity contribution in [3.8, 4) is 22.9 Å². The molecular weight excluding hydrogens is 352 g/mol. The summed E-state index contributed by atoms with van der Waals surface area (Å²) >= 11 is 0. The largest absolute Gasteiger partial charge is 0.489 e. The van der Waals surface area contributed by atoms with Gasteiger partial charge in [-0.2, -0.15) is 5.26 Å². The normalized spacial score (nSPS) is 10.5. The summed E-state index contributed by atoms with van der Waals surface area (Å²) in [6.07, 6.45) is 1.45. The van der Waals surface area contributed by atoms with Crippen LogP contribution in [0, 0.1) is 11.3 Å². The quantitative estimate of drug-likeness (QED) is 0.536. The molecular formula is C23H16N2O3. The van der Waals surface area contributed by atoms with E-state index in [0.29, 0.717) is 40.1 Å². The average Bonchev–Trinajstić information content (AvgIpc) is 2.73. The second kappa shape index (κ2) is 7.29. The van der Waals surface area contributed by atoms with Crippen molar-refractivity contribution in [3.63, 3.8) is 0 Å². The van der Waals surface area contributed by atoms with E-state index in [1.807, 2.05) is 12.1 Å². The maximum Gasteiger partial charge on any atom is 0.200 e. The highest BCUT2D eigenvalue weighted by Crippen LogP contribution is 2.24. The van der Waals surface area contributed by atoms with E-state index in [1.54, 1.807) is 54.6 Å². The van der Waals surface area contributed by atoms with E-state index in [-0.39, 0.29) is 5.43 Å². The number of nitrogen functional groups attached to an aromatic ring is 1. The van der Waals surface area contributed by atoms with E-state index >= 15 is 0 Å². The highest BCUT2D eigenvalue weighted by molar-refractivity contribution is 5.82. The number of nitriles is 1. The first-order valence-corrected chi connectivity index (χ1v) is 8.67. The summed E-state index contributed by atoms with van der Waals surface area (Å²) in [4.78, 5) is 12.8. The first-order chi connectivity index (χ1) is 13.6. The van der Waals surface area contributed by atoms with Crippen LogP contribution in [-0.4, -0.2) is 0 Å². The third-order valence-electron chi connectivity index (χ3n) is 4.43. The molecule has 1 heterocycles. The lowest BCUT2D eigenvalue weighted by atomic mass is 10.1. The second-order valence-corrected chi connectivity index (χ2v) is 6.36. The molecule has 0 aliphatic heterocycles. The molecule has 2 N–H and O–H groups in total. The van der Waals surface area contributed by atoms with Gasteiger partial charge in [-0.05, 0) is 47.5 Å². The summed E-state index contributed by atoms with van der Waals surface area (Å²) in [5.74, 6) is 0.582.